The molecule has 1 aromatic rings. The Kier molecular flexibility index (Phi) is 3.84. The molecule has 1 unspecified atom stereocenters. The SMILES string of the molecule is O=C(NC1CC=CCC1)c1cc(S)ccc1F. The largest absolute Gasteiger partial charge is 0.349 e. The molecule has 2 nitrogen and oxygen atoms in total. The van der Waals surface area contributed by atoms with Gasteiger partial charge in [0.15, 0.2) is 0 Å². The molecule has 0 spiro atoms. The van der Waals surface area contributed by atoms with E-state index in [1.807, 2.05) is 6.08 Å². The number of halogens is 1. The summed E-state index contributed by atoms with van der Waals surface area (Å²) in [6.45, 7) is 0. The van der Waals surface area contributed by atoms with Gasteiger partial charge in [-0.05, 0) is 37.5 Å². The zero-order valence-corrected chi connectivity index (χ0v) is 10.2. The molecule has 0 heterocycles. The number of thiol groups is 1. The fourth-order valence-electron chi connectivity index (χ4n) is 1.88. The molecule has 0 fully saturated rings. The number of hydrogen-bond acceptors (Lipinski definition) is 2. The van der Waals surface area contributed by atoms with Gasteiger partial charge in [-0.2, -0.15) is 0 Å². The molecule has 90 valence electrons. The molecule has 0 saturated heterocycles. The Bertz CT molecular complexity index is 459. The molecule has 0 bridgehead atoms. The first-order valence-corrected chi connectivity index (χ1v) is 6.06. The number of allylic oxidation sites excluding steroid dienone is 1. The van der Waals surface area contributed by atoms with Crippen LogP contribution in [0.4, 0.5) is 4.39 Å². The molecule has 1 aliphatic carbocycles. The summed E-state index contributed by atoms with van der Waals surface area (Å²) in [5.74, 6) is -0.870. The fourth-order valence-corrected chi connectivity index (χ4v) is 2.08. The van der Waals surface area contributed by atoms with Gasteiger partial charge in [0.2, 0.25) is 0 Å². The molecule has 1 aliphatic rings. The summed E-state index contributed by atoms with van der Waals surface area (Å²) in [7, 11) is 0. The summed E-state index contributed by atoms with van der Waals surface area (Å²) in [4.78, 5) is 12.5. The van der Waals surface area contributed by atoms with Gasteiger partial charge in [-0.1, -0.05) is 12.2 Å². The standard InChI is InChI=1S/C13H14FNOS/c14-12-7-6-10(17)8-11(12)13(16)15-9-4-2-1-3-5-9/h1-2,6-9,17H,3-5H2,(H,15,16). The molecule has 4 heteroatoms. The molecule has 17 heavy (non-hydrogen) atoms. The van der Waals surface area contributed by atoms with Crippen LogP contribution in [0.15, 0.2) is 35.2 Å². The highest BCUT2D eigenvalue weighted by atomic mass is 32.1. The average Bonchev–Trinajstić information content (AvgIpc) is 2.33. The maximum absolute atomic E-state index is 13.5. The van der Waals surface area contributed by atoms with E-state index < -0.39 is 5.82 Å². The summed E-state index contributed by atoms with van der Waals surface area (Å²) in [5, 5.41) is 2.84. The van der Waals surface area contributed by atoms with Gasteiger partial charge in [0.05, 0.1) is 5.56 Å². The van der Waals surface area contributed by atoms with E-state index in [0.717, 1.165) is 19.3 Å². The minimum atomic E-state index is -0.508. The van der Waals surface area contributed by atoms with Gasteiger partial charge < -0.3 is 5.32 Å². The van der Waals surface area contributed by atoms with Crippen LogP contribution in [0.1, 0.15) is 29.6 Å². The van der Waals surface area contributed by atoms with Gasteiger partial charge in [-0.25, -0.2) is 4.39 Å². The Morgan fingerprint density at radius 1 is 1.41 bits per heavy atom. The summed E-state index contributed by atoms with van der Waals surface area (Å²) in [6.07, 6.45) is 6.82. The molecule has 1 atom stereocenters. The highest BCUT2D eigenvalue weighted by molar-refractivity contribution is 7.80. The van der Waals surface area contributed by atoms with E-state index in [9.17, 15) is 9.18 Å². The smallest absolute Gasteiger partial charge is 0.254 e. The Morgan fingerprint density at radius 2 is 2.24 bits per heavy atom. The van der Waals surface area contributed by atoms with Gasteiger partial charge >= 0.3 is 0 Å². The zero-order chi connectivity index (χ0) is 12.3. The van der Waals surface area contributed by atoms with Gasteiger partial charge in [0.1, 0.15) is 5.82 Å². The van der Waals surface area contributed by atoms with Gasteiger partial charge in [0.25, 0.3) is 5.91 Å². The van der Waals surface area contributed by atoms with E-state index in [2.05, 4.69) is 24.0 Å². The molecule has 0 aliphatic heterocycles. The van der Waals surface area contributed by atoms with E-state index in [-0.39, 0.29) is 17.5 Å². The topological polar surface area (TPSA) is 29.1 Å². The molecule has 0 aromatic heterocycles. The quantitative estimate of drug-likeness (QED) is 0.614. The van der Waals surface area contributed by atoms with E-state index in [1.54, 1.807) is 0 Å². The van der Waals surface area contributed by atoms with Crippen LogP contribution in [0.2, 0.25) is 0 Å². The van der Waals surface area contributed by atoms with Crippen molar-refractivity contribution in [3.8, 4) is 0 Å². The van der Waals surface area contributed by atoms with Crippen molar-refractivity contribution in [2.24, 2.45) is 0 Å². The second-order valence-electron chi connectivity index (χ2n) is 4.12. The normalized spacial score (nSPS) is 19.1. The molecule has 0 saturated carbocycles. The monoisotopic (exact) mass is 251 g/mol. The number of nitrogens with one attached hydrogen (secondary N) is 1. The van der Waals surface area contributed by atoms with Crippen LogP contribution in [-0.4, -0.2) is 11.9 Å². The maximum Gasteiger partial charge on any atom is 0.254 e. The van der Waals surface area contributed by atoms with Crippen molar-refractivity contribution < 1.29 is 9.18 Å². The lowest BCUT2D eigenvalue weighted by Crippen LogP contribution is -2.35. The van der Waals surface area contributed by atoms with Crippen molar-refractivity contribution in [3.63, 3.8) is 0 Å². The maximum atomic E-state index is 13.5. The number of amides is 1. The lowest BCUT2D eigenvalue weighted by atomic mass is 10.0. The third-order valence-electron chi connectivity index (χ3n) is 2.80. The first-order valence-electron chi connectivity index (χ1n) is 5.61. The Morgan fingerprint density at radius 3 is 2.94 bits per heavy atom. The van der Waals surface area contributed by atoms with Crippen molar-refractivity contribution in [2.45, 2.75) is 30.2 Å². The lowest BCUT2D eigenvalue weighted by molar-refractivity contribution is 0.0930. The summed E-state index contributed by atoms with van der Waals surface area (Å²) in [5.41, 5.74) is 0.0621. The molecule has 0 radical (unpaired) electrons. The van der Waals surface area contributed by atoms with E-state index >= 15 is 0 Å². The number of hydrogen-bond donors (Lipinski definition) is 2. The Hall–Kier alpha value is -1.29. The molecule has 1 N–H and O–H groups in total. The van der Waals surface area contributed by atoms with Gasteiger partial charge in [0, 0.05) is 10.9 Å². The van der Waals surface area contributed by atoms with Crippen molar-refractivity contribution in [2.75, 3.05) is 0 Å². The molecular weight excluding hydrogens is 237 g/mol. The summed E-state index contributed by atoms with van der Waals surface area (Å²) in [6, 6.07) is 4.35. The summed E-state index contributed by atoms with van der Waals surface area (Å²) < 4.78 is 13.5. The number of carbonyl (C=O) groups is 1. The Labute approximate surface area is 105 Å². The number of carbonyl (C=O) groups excluding carboxylic acids is 1. The summed E-state index contributed by atoms with van der Waals surface area (Å²) >= 11 is 4.10. The minimum absolute atomic E-state index is 0.0621. The second kappa shape index (κ2) is 5.36. The third kappa shape index (κ3) is 3.09. The van der Waals surface area contributed by atoms with Crippen LogP contribution >= 0.6 is 12.6 Å². The molecule has 1 amide bonds. The van der Waals surface area contributed by atoms with Crippen LogP contribution < -0.4 is 5.32 Å². The van der Waals surface area contributed by atoms with Crippen LogP contribution in [0.25, 0.3) is 0 Å². The Balaban J connectivity index is 2.08. The van der Waals surface area contributed by atoms with Crippen molar-refractivity contribution in [1.29, 1.82) is 0 Å². The van der Waals surface area contributed by atoms with Crippen molar-refractivity contribution in [3.05, 3.63) is 41.7 Å². The average molecular weight is 251 g/mol. The zero-order valence-electron chi connectivity index (χ0n) is 9.32. The van der Waals surface area contributed by atoms with Gasteiger partial charge in [-0.15, -0.1) is 12.6 Å². The minimum Gasteiger partial charge on any atom is -0.349 e. The highest BCUT2D eigenvalue weighted by Crippen LogP contribution is 2.15. The molecular formula is C13H14FNOS. The second-order valence-corrected chi connectivity index (χ2v) is 4.64. The predicted octanol–water partition coefficient (Wildman–Crippen LogP) is 2.95. The van der Waals surface area contributed by atoms with E-state index in [1.165, 1.54) is 18.2 Å². The van der Waals surface area contributed by atoms with Crippen molar-refractivity contribution in [1.82, 2.24) is 5.32 Å². The lowest BCUT2D eigenvalue weighted by Gasteiger charge is -2.19. The predicted molar refractivity (Wildman–Crippen MR) is 67.9 cm³/mol. The fraction of sp³-hybridized carbons (Fsp3) is 0.308. The van der Waals surface area contributed by atoms with E-state index in [0.29, 0.717) is 4.90 Å². The van der Waals surface area contributed by atoms with Crippen LogP contribution in [-0.2, 0) is 0 Å². The number of benzene rings is 1. The first kappa shape index (κ1) is 12.2. The van der Waals surface area contributed by atoms with Crippen LogP contribution in [0.3, 0.4) is 0 Å². The van der Waals surface area contributed by atoms with E-state index in [4.69, 9.17) is 0 Å². The molecule has 1 aromatic carbocycles. The van der Waals surface area contributed by atoms with Crippen molar-refractivity contribution >= 4 is 18.5 Å². The molecule has 2 rings (SSSR count). The first-order chi connectivity index (χ1) is 8.16. The van der Waals surface area contributed by atoms with Crippen LogP contribution in [0, 0.1) is 5.82 Å². The number of rotatable bonds is 2. The highest BCUT2D eigenvalue weighted by Gasteiger charge is 2.17. The van der Waals surface area contributed by atoms with Crippen LogP contribution in [0.5, 0.6) is 0 Å². The van der Waals surface area contributed by atoms with Gasteiger partial charge in [-0.3, -0.25) is 4.79 Å². The third-order valence-corrected chi connectivity index (χ3v) is 3.08.